The zero-order valence-electron chi connectivity index (χ0n) is 22.8. The second-order valence-corrected chi connectivity index (χ2v) is 11.1. The number of hydrogen-bond donors (Lipinski definition) is 7. The summed E-state index contributed by atoms with van der Waals surface area (Å²) in [5.74, 6) is -2.25. The van der Waals surface area contributed by atoms with Crippen LogP contribution < -0.4 is 10.4 Å². The third-order valence-corrected chi connectivity index (χ3v) is 7.67. The molecule has 8 atom stereocenters. The van der Waals surface area contributed by atoms with Gasteiger partial charge in [-0.2, -0.15) is 0 Å². The van der Waals surface area contributed by atoms with Crippen LogP contribution in [0.4, 0.5) is 0 Å². The molecule has 0 amide bonds. The van der Waals surface area contributed by atoms with Crippen molar-refractivity contribution < 1.29 is 68.3 Å². The number of ether oxygens (including phenoxy) is 5. The first-order valence-electron chi connectivity index (χ1n) is 13.2. The molecule has 3 aromatic rings. The monoisotopic (exact) mass is 598 g/mol. The summed E-state index contributed by atoms with van der Waals surface area (Å²) in [5, 5.41) is 74.2. The summed E-state index contributed by atoms with van der Waals surface area (Å²) >= 11 is 0. The number of benzene rings is 1. The van der Waals surface area contributed by atoms with Crippen molar-refractivity contribution in [1.82, 2.24) is 0 Å². The van der Waals surface area contributed by atoms with Gasteiger partial charge in [0, 0.05) is 16.8 Å². The lowest BCUT2D eigenvalue weighted by molar-refractivity contribution is -0.349. The van der Waals surface area contributed by atoms with Crippen molar-refractivity contribution in [3.05, 3.63) is 40.9 Å². The molecule has 0 saturated carbocycles. The molecule has 2 aliphatic heterocycles. The van der Waals surface area contributed by atoms with Crippen LogP contribution >= 0.6 is 0 Å². The fourth-order valence-electron chi connectivity index (χ4n) is 4.80. The molecule has 1 aromatic carbocycles. The van der Waals surface area contributed by atoms with Crippen LogP contribution in [0.1, 0.15) is 13.8 Å². The number of rotatable bonds is 10. The largest absolute Gasteiger partial charge is 0.483 e. The molecule has 7 N–H and O–H groups in total. The van der Waals surface area contributed by atoms with Crippen LogP contribution in [0.3, 0.4) is 0 Å². The van der Waals surface area contributed by atoms with Gasteiger partial charge in [-0.1, -0.05) is 0 Å². The van der Waals surface area contributed by atoms with E-state index in [2.05, 4.69) is 0 Å². The predicted octanol–water partition coefficient (Wildman–Crippen LogP) is -1.66. The average Bonchev–Trinajstić information content (AvgIpc) is 3.54. The summed E-state index contributed by atoms with van der Waals surface area (Å²) in [6.45, 7) is 0.151. The Morgan fingerprint density at radius 2 is 1.79 bits per heavy atom. The zero-order chi connectivity index (χ0) is 30.4. The van der Waals surface area contributed by atoms with E-state index in [1.807, 2.05) is 0 Å². The predicted molar refractivity (Wildman–Crippen MR) is 139 cm³/mol. The van der Waals surface area contributed by atoms with Crippen LogP contribution in [0.15, 0.2) is 44.2 Å². The van der Waals surface area contributed by atoms with Gasteiger partial charge in [-0.3, -0.25) is 0 Å². The SMILES string of the molecule is CC(C)(O[C@H]1O[C@@H](CO[C@@]2(O)COC[C@@]2(O)CO)[C@H](O)[C@@H](O)[C@@H]1O)[C@H](O)COc1c2occc2cc2ccc(=O)oc12. The fourth-order valence-corrected chi connectivity index (χ4v) is 4.80. The molecular formula is C27H34O15. The summed E-state index contributed by atoms with van der Waals surface area (Å²) in [5.41, 5.74) is -3.85. The Balaban J connectivity index is 1.28. The first-order chi connectivity index (χ1) is 19.8. The van der Waals surface area contributed by atoms with Gasteiger partial charge in [-0.25, -0.2) is 4.79 Å². The highest BCUT2D eigenvalue weighted by molar-refractivity contribution is 5.99. The van der Waals surface area contributed by atoms with Gasteiger partial charge in [-0.05, 0) is 32.0 Å². The van der Waals surface area contributed by atoms with Crippen LogP contribution in [-0.2, 0) is 18.9 Å². The van der Waals surface area contributed by atoms with Crippen molar-refractivity contribution in [3.8, 4) is 5.75 Å². The van der Waals surface area contributed by atoms with Gasteiger partial charge in [-0.15, -0.1) is 0 Å². The Bertz CT molecular complexity index is 1450. The van der Waals surface area contributed by atoms with E-state index in [0.717, 1.165) is 0 Å². The van der Waals surface area contributed by atoms with Crippen molar-refractivity contribution in [2.24, 2.45) is 0 Å². The third-order valence-electron chi connectivity index (χ3n) is 7.67. The van der Waals surface area contributed by atoms with E-state index in [1.54, 1.807) is 18.2 Å². The second-order valence-electron chi connectivity index (χ2n) is 11.1. The van der Waals surface area contributed by atoms with Gasteiger partial charge >= 0.3 is 5.63 Å². The summed E-state index contributed by atoms with van der Waals surface area (Å²) in [6.07, 6.45) is -8.16. The summed E-state index contributed by atoms with van der Waals surface area (Å²) in [7, 11) is 0. The maximum atomic E-state index is 11.9. The maximum Gasteiger partial charge on any atom is 0.336 e. The molecule has 0 aliphatic carbocycles. The van der Waals surface area contributed by atoms with E-state index in [1.165, 1.54) is 26.2 Å². The first kappa shape index (κ1) is 30.8. The second kappa shape index (κ2) is 11.4. The van der Waals surface area contributed by atoms with E-state index in [9.17, 15) is 40.5 Å². The molecule has 2 aliphatic rings. The molecule has 232 valence electrons. The van der Waals surface area contributed by atoms with E-state index in [-0.39, 0.29) is 16.9 Å². The minimum atomic E-state index is -2.34. The molecule has 2 fully saturated rings. The van der Waals surface area contributed by atoms with Gasteiger partial charge < -0.3 is 68.3 Å². The lowest BCUT2D eigenvalue weighted by atomic mass is 9.96. The summed E-state index contributed by atoms with van der Waals surface area (Å²) in [4.78, 5) is 11.9. The van der Waals surface area contributed by atoms with E-state index >= 15 is 0 Å². The topological polar surface area (TPSA) is 231 Å². The fraction of sp³-hybridized carbons (Fsp3) is 0.593. The Morgan fingerprint density at radius 3 is 2.52 bits per heavy atom. The number of aliphatic hydroxyl groups excluding tert-OH is 5. The molecule has 4 heterocycles. The smallest absolute Gasteiger partial charge is 0.336 e. The lowest BCUT2D eigenvalue weighted by Crippen LogP contribution is -2.63. The molecule has 0 spiro atoms. The highest BCUT2D eigenvalue weighted by atomic mass is 16.7. The molecule has 0 bridgehead atoms. The minimum Gasteiger partial charge on any atom is -0.483 e. The molecule has 2 aromatic heterocycles. The number of aliphatic hydroxyl groups is 7. The zero-order valence-corrected chi connectivity index (χ0v) is 22.8. The summed E-state index contributed by atoms with van der Waals surface area (Å²) < 4.78 is 38.5. The number of furan rings is 1. The van der Waals surface area contributed by atoms with Crippen LogP contribution in [0.25, 0.3) is 21.9 Å². The van der Waals surface area contributed by atoms with Gasteiger partial charge in [0.2, 0.25) is 11.5 Å². The Hall–Kier alpha value is -2.67. The van der Waals surface area contributed by atoms with Crippen molar-refractivity contribution in [2.75, 3.05) is 33.0 Å². The highest BCUT2D eigenvalue weighted by Gasteiger charge is 2.57. The molecule has 42 heavy (non-hydrogen) atoms. The standard InChI is InChI=1S/C27H34O15/c1-25(2,16(29)9-38-23-21-14(5-6-37-21)7-13-3-4-17(30)41-22(13)23)42-24-20(33)19(32)18(31)15(40-24)8-39-27(35)12-36-11-26(27,34)10-28/h3-7,15-16,18-20,24,28-29,31-35H,8-12H2,1-2H3/t15-,16+,18-,19+,20-,24+,26-,27-/m0/s1. The van der Waals surface area contributed by atoms with Gasteiger partial charge in [0.05, 0.1) is 31.7 Å². The van der Waals surface area contributed by atoms with Crippen LogP contribution in [0.5, 0.6) is 5.75 Å². The molecule has 15 nitrogen and oxygen atoms in total. The molecule has 0 unspecified atom stereocenters. The highest BCUT2D eigenvalue weighted by Crippen LogP contribution is 2.36. The lowest BCUT2D eigenvalue weighted by Gasteiger charge is -2.44. The molecular weight excluding hydrogens is 564 g/mol. The number of fused-ring (bicyclic) bond motifs is 2. The van der Waals surface area contributed by atoms with Crippen molar-refractivity contribution >= 4 is 21.9 Å². The van der Waals surface area contributed by atoms with Crippen LogP contribution in [0.2, 0.25) is 0 Å². The molecule has 0 radical (unpaired) electrons. The minimum absolute atomic E-state index is 0.0846. The van der Waals surface area contributed by atoms with E-state index in [4.69, 9.17) is 32.5 Å². The van der Waals surface area contributed by atoms with Crippen molar-refractivity contribution in [3.63, 3.8) is 0 Å². The Morgan fingerprint density at radius 1 is 1.05 bits per heavy atom. The van der Waals surface area contributed by atoms with E-state index in [0.29, 0.717) is 10.8 Å². The van der Waals surface area contributed by atoms with Crippen LogP contribution in [0, 0.1) is 0 Å². The quantitative estimate of drug-likeness (QED) is 0.102. The Kier molecular flexibility index (Phi) is 8.38. The Labute approximate surface area is 238 Å². The molecule has 15 heteroatoms. The van der Waals surface area contributed by atoms with E-state index < -0.39 is 92.5 Å². The number of hydrogen-bond acceptors (Lipinski definition) is 15. The molecule has 5 rings (SSSR count). The van der Waals surface area contributed by atoms with Gasteiger partial charge in [0.25, 0.3) is 0 Å². The van der Waals surface area contributed by atoms with Gasteiger partial charge in [0.15, 0.2) is 23.1 Å². The van der Waals surface area contributed by atoms with Gasteiger partial charge in [0.1, 0.15) is 43.7 Å². The summed E-state index contributed by atoms with van der Waals surface area (Å²) in [6, 6.07) is 6.27. The van der Waals surface area contributed by atoms with Crippen molar-refractivity contribution in [2.45, 2.75) is 67.6 Å². The van der Waals surface area contributed by atoms with Crippen LogP contribution in [-0.4, -0.2) is 123 Å². The normalized spacial score (nSPS) is 32.9. The maximum absolute atomic E-state index is 11.9. The molecule has 2 saturated heterocycles. The average molecular weight is 599 g/mol. The first-order valence-corrected chi connectivity index (χ1v) is 13.2. The van der Waals surface area contributed by atoms with Crippen molar-refractivity contribution in [1.29, 1.82) is 0 Å². The third kappa shape index (κ3) is 5.54.